The number of aromatic nitrogens is 4. The number of rotatable bonds is 10. The summed E-state index contributed by atoms with van der Waals surface area (Å²) in [7, 11) is 2.58. The predicted molar refractivity (Wildman–Crippen MR) is 272 cm³/mol. The average Bonchev–Trinajstić information content (AvgIpc) is 4.09. The summed E-state index contributed by atoms with van der Waals surface area (Å²) in [6, 6.07) is 11.8. The van der Waals surface area contributed by atoms with E-state index in [2.05, 4.69) is 61.3 Å². The number of nitrogens with one attached hydrogen (secondary N) is 2. The lowest BCUT2D eigenvalue weighted by molar-refractivity contribution is -0.144. The summed E-state index contributed by atoms with van der Waals surface area (Å²) in [5, 5.41) is 22.2. The quantitative estimate of drug-likeness (QED) is 0.0518. The fraction of sp³-hybridized carbons (Fsp3) is 0.466. The van der Waals surface area contributed by atoms with Crippen molar-refractivity contribution in [3.63, 3.8) is 0 Å². The minimum Gasteiger partial charge on any atom is -0.508 e. The van der Waals surface area contributed by atoms with Crippen LogP contribution in [0.2, 0.25) is 0 Å². The molecule has 2 aliphatic heterocycles. The van der Waals surface area contributed by atoms with E-state index in [0.29, 0.717) is 65.4 Å². The fourth-order valence-corrected chi connectivity index (χ4v) is 12.9. The van der Waals surface area contributed by atoms with Crippen LogP contribution in [-0.2, 0) is 36.6 Å². The Hall–Kier alpha value is -6.45. The second-order valence-electron chi connectivity index (χ2n) is 20.4. The maximum absolute atomic E-state index is 14.2. The van der Waals surface area contributed by atoms with Crippen LogP contribution in [0.25, 0.3) is 39.3 Å². The van der Waals surface area contributed by atoms with Gasteiger partial charge in [-0.1, -0.05) is 45.4 Å². The molecule has 12 nitrogen and oxygen atoms in total. The maximum atomic E-state index is 14.2. The summed E-state index contributed by atoms with van der Waals surface area (Å²) in [6.45, 7) is 16.5. The summed E-state index contributed by atoms with van der Waals surface area (Å²) < 4.78 is 16.5. The van der Waals surface area contributed by atoms with Crippen LogP contribution < -0.4 is 0 Å². The number of aryl methyl sites for hydroxylation is 4. The highest BCUT2D eigenvalue weighted by Crippen LogP contribution is 2.64. The normalized spacial score (nSPS) is 24.4. The highest BCUT2D eigenvalue weighted by atomic mass is 16.5. The van der Waals surface area contributed by atoms with Crippen molar-refractivity contribution < 1.29 is 38.8 Å². The number of aromatic hydroxyl groups is 1. The van der Waals surface area contributed by atoms with Gasteiger partial charge in [0.2, 0.25) is 0 Å². The number of hydrogen-bond donors (Lipinski definition) is 4. The maximum Gasteiger partial charge on any atom is 0.341 e. The number of esters is 3. The number of hydrogen-bond acceptors (Lipinski definition) is 10. The van der Waals surface area contributed by atoms with Crippen molar-refractivity contribution in [1.82, 2.24) is 19.9 Å². The molecule has 7 atom stereocenters. The van der Waals surface area contributed by atoms with Crippen LogP contribution in [-0.4, -0.2) is 74.5 Å². The number of benzene rings is 1. The standard InChI is InChI=1S/C58H66N4O8/c1-10-37-31(3)44-28-46-33(5)39(19-20-50(64)70-26-14-12-13-23-58(67)25-22-43-42-17-15-35-27-36(63)16-18-40(35)41(42)21-24-57(43,58)7)53(61-46)52(56(66)69-9)54-51(55(65)68-8)34(6)47(62-54)30-49-38(11-2)32(4)45(60-49)29-48(37)59-44/h10,16,18,27-30,33,39,41-43,59-60,63,67H,1,11-12,14-15,17,19-22,24-26H2,2-9H3/t33-,39-,41?,42?,43?,57-,58-/m0/s1. The molecule has 9 rings (SSSR count). The van der Waals surface area contributed by atoms with Crippen molar-refractivity contribution >= 4 is 57.2 Å². The van der Waals surface area contributed by atoms with Crippen molar-refractivity contribution in [2.24, 2.45) is 17.3 Å². The van der Waals surface area contributed by atoms with E-state index in [1.807, 2.05) is 44.2 Å². The Morgan fingerprint density at radius 1 is 0.943 bits per heavy atom. The third-order valence-corrected chi connectivity index (χ3v) is 16.9. The van der Waals surface area contributed by atoms with Gasteiger partial charge in [0.15, 0.2) is 0 Å². The van der Waals surface area contributed by atoms with Crippen LogP contribution in [0.3, 0.4) is 0 Å². The molecule has 3 aliphatic carbocycles. The monoisotopic (exact) mass is 946 g/mol. The molecule has 5 heterocycles. The van der Waals surface area contributed by atoms with Gasteiger partial charge in [-0.15, -0.1) is 5.92 Å². The number of aromatic amines is 2. The van der Waals surface area contributed by atoms with E-state index in [4.69, 9.17) is 24.2 Å². The molecule has 4 N–H and O–H groups in total. The van der Waals surface area contributed by atoms with Gasteiger partial charge in [-0.2, -0.15) is 0 Å². The summed E-state index contributed by atoms with van der Waals surface area (Å²) in [5.41, 5.74) is 11.1. The molecule has 5 aliphatic rings. The van der Waals surface area contributed by atoms with E-state index in [1.165, 1.54) is 25.3 Å². The Labute approximate surface area is 410 Å². The smallest absolute Gasteiger partial charge is 0.341 e. The molecule has 0 spiro atoms. The topological polar surface area (TPSA) is 177 Å². The number of H-pyrrole nitrogens is 2. The molecule has 3 unspecified atom stereocenters. The number of allylic oxidation sites excluding steroid dienone is 1. The zero-order chi connectivity index (χ0) is 49.8. The van der Waals surface area contributed by atoms with Gasteiger partial charge in [0.05, 0.1) is 43.5 Å². The zero-order valence-corrected chi connectivity index (χ0v) is 41.9. The second-order valence-corrected chi connectivity index (χ2v) is 20.4. The van der Waals surface area contributed by atoms with Crippen molar-refractivity contribution in [1.29, 1.82) is 0 Å². The largest absolute Gasteiger partial charge is 0.508 e. The minimum atomic E-state index is -1.07. The van der Waals surface area contributed by atoms with E-state index in [1.54, 1.807) is 6.92 Å². The molecule has 1 aromatic carbocycles. The molecular weight excluding hydrogens is 881 g/mol. The lowest BCUT2D eigenvalue weighted by Crippen LogP contribution is -2.50. The SMILES string of the molecule is C=Cc1c(C)c2cc3nc(c(C(=O)OC)c4nc(cc5[nH]c(cc1[nH]2)c(C)c5CC)C(C)=C4C(=O)OC)[C@@H](CCC(=O)OCCCC#C[C@]1(O)CCC2C4CCc5cc(O)ccc5C4CC[C@@]21C)[C@@H]3C. The van der Waals surface area contributed by atoms with E-state index in [9.17, 15) is 24.6 Å². The van der Waals surface area contributed by atoms with Gasteiger partial charge in [0.25, 0.3) is 0 Å². The van der Waals surface area contributed by atoms with E-state index in [0.717, 1.165) is 82.8 Å². The number of carbonyl (C=O) groups excluding carboxylic acids is 3. The Morgan fingerprint density at radius 3 is 2.44 bits per heavy atom. The predicted octanol–water partition coefficient (Wildman–Crippen LogP) is 11.0. The number of methoxy groups -OCH3 is 2. The van der Waals surface area contributed by atoms with Gasteiger partial charge >= 0.3 is 17.9 Å². The molecule has 4 aromatic rings. The van der Waals surface area contributed by atoms with Crippen LogP contribution in [0.5, 0.6) is 5.75 Å². The number of ether oxygens (including phenoxy) is 3. The molecule has 2 saturated carbocycles. The van der Waals surface area contributed by atoms with Gasteiger partial charge in [0.1, 0.15) is 16.9 Å². The van der Waals surface area contributed by atoms with Crippen molar-refractivity contribution in [2.75, 3.05) is 20.8 Å². The first kappa shape index (κ1) is 48.6. The Balaban J connectivity index is 0.970. The van der Waals surface area contributed by atoms with Crippen LogP contribution in [0.4, 0.5) is 0 Å². The van der Waals surface area contributed by atoms with E-state index in [-0.39, 0.29) is 47.6 Å². The molecule has 3 aromatic heterocycles. The lowest BCUT2D eigenvalue weighted by Gasteiger charge is -2.52. The van der Waals surface area contributed by atoms with Gasteiger partial charge in [-0.05, 0) is 160 Å². The van der Waals surface area contributed by atoms with E-state index < -0.39 is 29.4 Å². The third kappa shape index (κ3) is 8.23. The Morgan fingerprint density at radius 2 is 1.70 bits per heavy atom. The number of fused-ring (bicyclic) bond motifs is 13. The molecule has 0 radical (unpaired) electrons. The van der Waals surface area contributed by atoms with Crippen LogP contribution >= 0.6 is 0 Å². The first-order chi connectivity index (χ1) is 33.6. The first-order valence-electron chi connectivity index (χ1n) is 25.0. The number of unbranched alkanes of at least 4 members (excludes halogenated alkanes) is 1. The van der Waals surface area contributed by atoms with Crippen LogP contribution in [0, 0.1) is 42.9 Å². The molecule has 0 amide bonds. The molecular formula is C58H66N4O8. The van der Waals surface area contributed by atoms with Crippen molar-refractivity contribution in [3.8, 4) is 17.6 Å². The summed E-state index contributed by atoms with van der Waals surface area (Å²) in [6.07, 6.45) is 9.40. The number of phenols is 1. The van der Waals surface area contributed by atoms with Gasteiger partial charge in [-0.3, -0.25) is 9.78 Å². The number of aliphatic hydroxyl groups is 1. The average molecular weight is 947 g/mol. The molecule has 2 fully saturated rings. The molecule has 12 heteroatoms. The fourth-order valence-electron chi connectivity index (χ4n) is 12.9. The lowest BCUT2D eigenvalue weighted by atomic mass is 9.53. The summed E-state index contributed by atoms with van der Waals surface area (Å²) in [5.74, 6) is 5.74. The zero-order valence-electron chi connectivity index (χ0n) is 41.9. The van der Waals surface area contributed by atoms with Crippen molar-refractivity contribution in [3.05, 3.63) is 105 Å². The minimum absolute atomic E-state index is 0.0374. The van der Waals surface area contributed by atoms with Crippen LogP contribution in [0.1, 0.15) is 170 Å². The highest BCUT2D eigenvalue weighted by molar-refractivity contribution is 6.26. The molecule has 366 valence electrons. The van der Waals surface area contributed by atoms with Crippen molar-refractivity contribution in [2.45, 2.75) is 136 Å². The number of nitrogens with zero attached hydrogens (tertiary/aromatic N) is 2. The van der Waals surface area contributed by atoms with E-state index >= 15 is 0 Å². The number of phenolic OH excluding ortho intramolecular Hbond substituents is 1. The van der Waals surface area contributed by atoms with Gasteiger partial charge in [-0.25, -0.2) is 14.6 Å². The molecule has 0 saturated heterocycles. The Kier molecular flexibility index (Phi) is 13.2. The van der Waals surface area contributed by atoms with Gasteiger partial charge in [0, 0.05) is 63.4 Å². The number of carbonyl (C=O) groups is 3. The molecule has 70 heavy (non-hydrogen) atoms. The van der Waals surface area contributed by atoms with Gasteiger partial charge < -0.3 is 34.4 Å². The first-order valence-corrected chi connectivity index (χ1v) is 25.0. The third-order valence-electron chi connectivity index (χ3n) is 16.9. The second kappa shape index (κ2) is 19.0. The molecule has 8 bridgehead atoms. The summed E-state index contributed by atoms with van der Waals surface area (Å²) in [4.78, 5) is 58.7. The summed E-state index contributed by atoms with van der Waals surface area (Å²) >= 11 is 0. The Bertz CT molecular complexity index is 3090. The highest BCUT2D eigenvalue weighted by Gasteiger charge is 2.61. The van der Waals surface area contributed by atoms with Crippen LogP contribution in [0.15, 0.2) is 43.0 Å².